The first-order valence-electron chi connectivity index (χ1n) is 5.67. The van der Waals surface area contributed by atoms with Crippen molar-refractivity contribution in [1.82, 2.24) is 4.98 Å². The highest BCUT2D eigenvalue weighted by atomic mass is 16.1. The molecule has 86 valence electrons. The highest BCUT2D eigenvalue weighted by molar-refractivity contribution is 5.98. The van der Waals surface area contributed by atoms with Gasteiger partial charge < -0.3 is 10.6 Å². The molecule has 0 bridgehead atoms. The second-order valence-electron chi connectivity index (χ2n) is 4.45. The van der Waals surface area contributed by atoms with Crippen LogP contribution in [-0.4, -0.2) is 24.0 Å². The van der Waals surface area contributed by atoms with E-state index in [1.807, 2.05) is 0 Å². The monoisotopic (exact) mass is 219 g/mol. The maximum absolute atomic E-state index is 11.3. The zero-order valence-corrected chi connectivity index (χ0v) is 9.52. The molecule has 0 saturated carbocycles. The lowest BCUT2D eigenvalue weighted by molar-refractivity contribution is 0.100. The molecule has 1 aliphatic heterocycles. The number of hydrogen-bond acceptors (Lipinski definition) is 3. The van der Waals surface area contributed by atoms with Crippen molar-refractivity contribution in [3.63, 3.8) is 0 Å². The molecule has 2 heterocycles. The fourth-order valence-corrected chi connectivity index (χ4v) is 2.25. The molecule has 1 aromatic rings. The molecule has 2 rings (SSSR count). The van der Waals surface area contributed by atoms with Gasteiger partial charge in [0.1, 0.15) is 0 Å². The van der Waals surface area contributed by atoms with Crippen molar-refractivity contribution in [1.29, 1.82) is 0 Å². The van der Waals surface area contributed by atoms with Crippen LogP contribution in [-0.2, 0) is 0 Å². The largest absolute Gasteiger partial charge is 0.369 e. The van der Waals surface area contributed by atoms with Gasteiger partial charge in [0, 0.05) is 19.3 Å². The number of rotatable bonds is 2. The first-order valence-corrected chi connectivity index (χ1v) is 5.67. The molecule has 2 N–H and O–H groups in total. The van der Waals surface area contributed by atoms with E-state index in [4.69, 9.17) is 5.73 Å². The summed E-state index contributed by atoms with van der Waals surface area (Å²) in [6, 6.07) is 1.69. The number of anilines is 1. The van der Waals surface area contributed by atoms with E-state index in [1.165, 1.54) is 6.42 Å². The van der Waals surface area contributed by atoms with Crippen molar-refractivity contribution in [2.24, 2.45) is 11.7 Å². The van der Waals surface area contributed by atoms with Gasteiger partial charge in [0.05, 0.1) is 17.4 Å². The minimum atomic E-state index is -0.379. The van der Waals surface area contributed by atoms with Gasteiger partial charge in [-0.25, -0.2) is 0 Å². The summed E-state index contributed by atoms with van der Waals surface area (Å²) in [6.07, 6.45) is 5.76. The zero-order valence-electron chi connectivity index (χ0n) is 9.52. The predicted molar refractivity (Wildman–Crippen MR) is 63.4 cm³/mol. The summed E-state index contributed by atoms with van der Waals surface area (Å²) in [5, 5.41) is 0. The number of amides is 1. The lowest BCUT2D eigenvalue weighted by atomic mass is 9.99. The lowest BCUT2D eigenvalue weighted by Crippen LogP contribution is -2.35. The molecule has 1 aromatic heterocycles. The Kier molecular flexibility index (Phi) is 3.08. The molecule has 0 aliphatic carbocycles. The molecule has 1 unspecified atom stereocenters. The molecule has 0 aromatic carbocycles. The van der Waals surface area contributed by atoms with Gasteiger partial charge in [-0.2, -0.15) is 0 Å². The van der Waals surface area contributed by atoms with Crippen molar-refractivity contribution in [2.75, 3.05) is 18.0 Å². The number of primary amides is 1. The highest BCUT2D eigenvalue weighted by Crippen LogP contribution is 2.25. The molecular weight excluding hydrogens is 202 g/mol. The number of nitrogens with zero attached hydrogens (tertiary/aromatic N) is 2. The van der Waals surface area contributed by atoms with E-state index in [9.17, 15) is 4.79 Å². The van der Waals surface area contributed by atoms with Crippen LogP contribution in [0.2, 0.25) is 0 Å². The van der Waals surface area contributed by atoms with Crippen LogP contribution in [0.5, 0.6) is 0 Å². The average Bonchev–Trinajstić information content (AvgIpc) is 2.29. The van der Waals surface area contributed by atoms with Gasteiger partial charge in [0.2, 0.25) is 0 Å². The van der Waals surface area contributed by atoms with Gasteiger partial charge in [0.25, 0.3) is 5.91 Å². The second kappa shape index (κ2) is 4.51. The van der Waals surface area contributed by atoms with E-state index in [2.05, 4.69) is 16.8 Å². The van der Waals surface area contributed by atoms with Gasteiger partial charge in [0.15, 0.2) is 0 Å². The smallest absolute Gasteiger partial charge is 0.250 e. The van der Waals surface area contributed by atoms with Crippen LogP contribution < -0.4 is 10.6 Å². The van der Waals surface area contributed by atoms with Crippen LogP contribution in [0.3, 0.4) is 0 Å². The molecular formula is C12H17N3O. The Morgan fingerprint density at radius 3 is 3.12 bits per heavy atom. The van der Waals surface area contributed by atoms with Crippen LogP contribution in [0.4, 0.5) is 5.69 Å². The van der Waals surface area contributed by atoms with Crippen molar-refractivity contribution in [3.8, 4) is 0 Å². The van der Waals surface area contributed by atoms with E-state index in [-0.39, 0.29) is 5.91 Å². The first kappa shape index (κ1) is 10.9. The zero-order chi connectivity index (χ0) is 11.5. The lowest BCUT2D eigenvalue weighted by Gasteiger charge is -2.33. The minimum Gasteiger partial charge on any atom is -0.369 e. The Bertz CT molecular complexity index is 392. The number of hydrogen-bond donors (Lipinski definition) is 1. The van der Waals surface area contributed by atoms with E-state index in [1.54, 1.807) is 18.5 Å². The minimum absolute atomic E-state index is 0.379. The number of carbonyl (C=O) groups is 1. The van der Waals surface area contributed by atoms with Crippen LogP contribution in [0.25, 0.3) is 0 Å². The Balaban J connectivity index is 2.28. The third kappa shape index (κ3) is 2.15. The Labute approximate surface area is 95.5 Å². The normalized spacial score (nSPS) is 20.8. The first-order chi connectivity index (χ1) is 7.68. The van der Waals surface area contributed by atoms with Crippen LogP contribution >= 0.6 is 0 Å². The number of pyridine rings is 1. The molecule has 1 atom stereocenters. The Morgan fingerprint density at radius 1 is 1.62 bits per heavy atom. The summed E-state index contributed by atoms with van der Waals surface area (Å²) < 4.78 is 0. The topological polar surface area (TPSA) is 59.2 Å². The Morgan fingerprint density at radius 2 is 2.44 bits per heavy atom. The average molecular weight is 219 g/mol. The third-order valence-electron chi connectivity index (χ3n) is 3.06. The van der Waals surface area contributed by atoms with Crippen molar-refractivity contribution < 1.29 is 4.79 Å². The van der Waals surface area contributed by atoms with E-state index >= 15 is 0 Å². The standard InChI is InChI=1S/C12H17N3O/c1-9-3-2-6-15(8-9)11-7-14-5-4-10(11)12(13)16/h4-5,7,9H,2-3,6,8H2,1H3,(H2,13,16). The highest BCUT2D eigenvalue weighted by Gasteiger charge is 2.20. The van der Waals surface area contributed by atoms with Crippen LogP contribution in [0, 0.1) is 5.92 Å². The fraction of sp³-hybridized carbons (Fsp3) is 0.500. The molecule has 4 nitrogen and oxygen atoms in total. The molecule has 0 radical (unpaired) electrons. The summed E-state index contributed by atoms with van der Waals surface area (Å²) in [4.78, 5) is 17.6. The van der Waals surface area contributed by atoms with Gasteiger partial charge in [-0.15, -0.1) is 0 Å². The number of nitrogens with two attached hydrogens (primary N) is 1. The third-order valence-corrected chi connectivity index (χ3v) is 3.06. The van der Waals surface area contributed by atoms with Crippen LogP contribution in [0.15, 0.2) is 18.5 Å². The quantitative estimate of drug-likeness (QED) is 0.818. The number of carbonyl (C=O) groups excluding carboxylic acids is 1. The van der Waals surface area contributed by atoms with Crippen LogP contribution in [0.1, 0.15) is 30.1 Å². The second-order valence-corrected chi connectivity index (χ2v) is 4.45. The van der Waals surface area contributed by atoms with Crippen molar-refractivity contribution >= 4 is 11.6 Å². The van der Waals surface area contributed by atoms with Gasteiger partial charge in [-0.05, 0) is 24.8 Å². The summed E-state index contributed by atoms with van der Waals surface area (Å²) in [5.41, 5.74) is 6.81. The summed E-state index contributed by atoms with van der Waals surface area (Å²) in [6.45, 7) is 4.19. The van der Waals surface area contributed by atoms with Gasteiger partial charge >= 0.3 is 0 Å². The molecule has 1 amide bonds. The fourth-order valence-electron chi connectivity index (χ4n) is 2.25. The molecule has 16 heavy (non-hydrogen) atoms. The predicted octanol–water partition coefficient (Wildman–Crippen LogP) is 1.42. The van der Waals surface area contributed by atoms with Crippen molar-refractivity contribution in [3.05, 3.63) is 24.0 Å². The summed E-state index contributed by atoms with van der Waals surface area (Å²) in [7, 11) is 0. The van der Waals surface area contributed by atoms with E-state index in [0.717, 1.165) is 25.2 Å². The Hall–Kier alpha value is -1.58. The molecule has 1 aliphatic rings. The van der Waals surface area contributed by atoms with Crippen molar-refractivity contribution in [2.45, 2.75) is 19.8 Å². The van der Waals surface area contributed by atoms with Gasteiger partial charge in [-0.1, -0.05) is 6.92 Å². The molecule has 4 heteroatoms. The number of piperidine rings is 1. The molecule has 0 spiro atoms. The maximum atomic E-state index is 11.3. The summed E-state index contributed by atoms with van der Waals surface area (Å²) in [5.74, 6) is 0.283. The SMILES string of the molecule is CC1CCCN(c2cnccc2C(N)=O)C1. The molecule has 1 saturated heterocycles. The molecule has 1 fully saturated rings. The number of aromatic nitrogens is 1. The van der Waals surface area contributed by atoms with Gasteiger partial charge in [-0.3, -0.25) is 9.78 Å². The maximum Gasteiger partial charge on any atom is 0.250 e. The summed E-state index contributed by atoms with van der Waals surface area (Å²) >= 11 is 0. The van der Waals surface area contributed by atoms with E-state index in [0.29, 0.717) is 11.5 Å². The van der Waals surface area contributed by atoms with E-state index < -0.39 is 0 Å².